The fourth-order valence-electron chi connectivity index (χ4n) is 3.52. The van der Waals surface area contributed by atoms with Crippen molar-refractivity contribution in [1.29, 1.82) is 0 Å². The fourth-order valence-corrected chi connectivity index (χ4v) is 3.52. The number of benzene rings is 1. The zero-order valence-corrected chi connectivity index (χ0v) is 14.7. The monoisotopic (exact) mass is 330 g/mol. The lowest BCUT2D eigenvalue weighted by atomic mass is 10.0. The van der Waals surface area contributed by atoms with Crippen molar-refractivity contribution in [2.45, 2.75) is 25.8 Å². The van der Waals surface area contributed by atoms with Crippen LogP contribution in [0.15, 0.2) is 24.3 Å². The minimum Gasteiger partial charge on any atom is -0.378 e. The molecule has 24 heavy (non-hydrogen) atoms. The molecule has 3 rings (SSSR count). The Kier molecular flexibility index (Phi) is 4.64. The molecule has 0 atom stereocenters. The number of piperidine rings is 1. The van der Waals surface area contributed by atoms with Gasteiger partial charge in [-0.05, 0) is 44.0 Å². The lowest BCUT2D eigenvalue weighted by Gasteiger charge is -2.36. The Morgan fingerprint density at radius 3 is 2.21 bits per heavy atom. The maximum atomic E-state index is 12.3. The van der Waals surface area contributed by atoms with E-state index in [1.807, 2.05) is 21.0 Å². The average Bonchev–Trinajstić information content (AvgIpc) is 2.89. The van der Waals surface area contributed by atoms with E-state index in [2.05, 4.69) is 34.1 Å². The van der Waals surface area contributed by atoms with Gasteiger partial charge in [-0.25, -0.2) is 4.79 Å². The number of carbonyl (C=O) groups is 2. The van der Waals surface area contributed by atoms with Crippen LogP contribution in [0.1, 0.15) is 19.8 Å². The van der Waals surface area contributed by atoms with Gasteiger partial charge in [0.1, 0.15) is 6.54 Å². The summed E-state index contributed by atoms with van der Waals surface area (Å²) in [4.78, 5) is 32.0. The summed E-state index contributed by atoms with van der Waals surface area (Å²) < 4.78 is 0. The van der Waals surface area contributed by atoms with Crippen LogP contribution >= 0.6 is 0 Å². The molecule has 2 aliphatic heterocycles. The number of nitrogens with zero attached hydrogens (tertiary/aromatic N) is 4. The lowest BCUT2D eigenvalue weighted by Crippen LogP contribution is -2.48. The predicted octanol–water partition coefficient (Wildman–Crippen LogP) is 2.01. The fraction of sp³-hybridized carbons (Fsp3) is 0.556. The summed E-state index contributed by atoms with van der Waals surface area (Å²) in [6, 6.07) is 8.44. The zero-order chi connectivity index (χ0) is 17.3. The zero-order valence-electron chi connectivity index (χ0n) is 14.7. The van der Waals surface area contributed by atoms with Crippen molar-refractivity contribution in [1.82, 2.24) is 9.80 Å². The van der Waals surface area contributed by atoms with E-state index in [4.69, 9.17) is 0 Å². The number of urea groups is 1. The number of imide groups is 1. The first-order valence-electron chi connectivity index (χ1n) is 8.64. The van der Waals surface area contributed by atoms with Gasteiger partial charge in [0.05, 0.1) is 0 Å². The van der Waals surface area contributed by atoms with Gasteiger partial charge in [0.25, 0.3) is 5.91 Å². The highest BCUT2D eigenvalue weighted by Gasteiger charge is 2.40. The molecule has 0 N–H and O–H groups in total. The highest BCUT2D eigenvalue weighted by Crippen LogP contribution is 2.26. The molecular formula is C18H26N4O2. The number of carbonyl (C=O) groups excluding carboxylic acids is 2. The number of amides is 3. The molecule has 2 aliphatic rings. The van der Waals surface area contributed by atoms with E-state index in [0.717, 1.165) is 25.9 Å². The van der Waals surface area contributed by atoms with Crippen molar-refractivity contribution in [3.63, 3.8) is 0 Å². The highest BCUT2D eigenvalue weighted by atomic mass is 16.2. The van der Waals surface area contributed by atoms with Gasteiger partial charge in [-0.3, -0.25) is 9.69 Å². The smallest absolute Gasteiger partial charge is 0.327 e. The summed E-state index contributed by atoms with van der Waals surface area (Å²) in [6.07, 6.45) is 1.68. The summed E-state index contributed by atoms with van der Waals surface area (Å²) in [5.41, 5.74) is 2.38. The molecule has 0 bridgehead atoms. The number of rotatable bonds is 4. The maximum Gasteiger partial charge on any atom is 0.327 e. The van der Waals surface area contributed by atoms with Crippen LogP contribution in [-0.2, 0) is 4.79 Å². The van der Waals surface area contributed by atoms with Crippen molar-refractivity contribution in [3.05, 3.63) is 24.3 Å². The van der Waals surface area contributed by atoms with E-state index in [1.54, 1.807) is 4.90 Å². The molecule has 0 spiro atoms. The molecule has 0 unspecified atom stereocenters. The summed E-state index contributed by atoms with van der Waals surface area (Å²) in [5, 5.41) is 0. The third kappa shape index (κ3) is 3.05. The van der Waals surface area contributed by atoms with Gasteiger partial charge in [0.15, 0.2) is 0 Å². The molecule has 2 saturated heterocycles. The molecule has 0 aliphatic carbocycles. The van der Waals surface area contributed by atoms with Crippen LogP contribution in [0.3, 0.4) is 0 Å². The molecule has 1 aromatic carbocycles. The summed E-state index contributed by atoms with van der Waals surface area (Å²) >= 11 is 0. The van der Waals surface area contributed by atoms with Gasteiger partial charge >= 0.3 is 6.03 Å². The summed E-state index contributed by atoms with van der Waals surface area (Å²) in [6.45, 7) is 4.48. The molecule has 2 fully saturated rings. The molecule has 0 saturated carbocycles. The van der Waals surface area contributed by atoms with Crippen LogP contribution in [-0.4, -0.2) is 68.1 Å². The SMILES string of the molecule is CCN1CC(=O)N(C2CCN(c3ccc(N(C)C)cc3)CC2)C1=O. The van der Waals surface area contributed by atoms with Crippen molar-refractivity contribution >= 4 is 23.3 Å². The van der Waals surface area contributed by atoms with E-state index >= 15 is 0 Å². The number of anilines is 2. The average molecular weight is 330 g/mol. The van der Waals surface area contributed by atoms with Crippen LogP contribution < -0.4 is 9.80 Å². The first kappa shape index (κ1) is 16.6. The van der Waals surface area contributed by atoms with Gasteiger partial charge in [-0.15, -0.1) is 0 Å². The van der Waals surface area contributed by atoms with Crippen LogP contribution in [0, 0.1) is 0 Å². The Bertz CT molecular complexity index is 606. The van der Waals surface area contributed by atoms with Gasteiger partial charge in [-0.1, -0.05) is 0 Å². The minimum atomic E-state index is -0.115. The third-order valence-corrected chi connectivity index (χ3v) is 5.01. The van der Waals surface area contributed by atoms with Crippen molar-refractivity contribution < 1.29 is 9.59 Å². The molecule has 1 aromatic rings. The molecule has 130 valence electrons. The molecule has 0 radical (unpaired) electrons. The molecular weight excluding hydrogens is 304 g/mol. The molecule has 2 heterocycles. The Morgan fingerprint density at radius 1 is 1.08 bits per heavy atom. The predicted molar refractivity (Wildman–Crippen MR) is 95.5 cm³/mol. The number of hydrogen-bond donors (Lipinski definition) is 0. The van der Waals surface area contributed by atoms with Crippen LogP contribution in [0.5, 0.6) is 0 Å². The van der Waals surface area contributed by atoms with Gasteiger partial charge in [0, 0.05) is 51.1 Å². The topological polar surface area (TPSA) is 47.1 Å². The Hall–Kier alpha value is -2.24. The molecule has 0 aromatic heterocycles. The summed E-state index contributed by atoms with van der Waals surface area (Å²) in [5.74, 6) is -0.0457. The second-order valence-electron chi connectivity index (χ2n) is 6.69. The first-order valence-corrected chi connectivity index (χ1v) is 8.64. The first-order chi connectivity index (χ1) is 11.5. The van der Waals surface area contributed by atoms with Gasteiger partial charge < -0.3 is 14.7 Å². The Labute approximate surface area is 143 Å². The standard InChI is InChI=1S/C18H26N4O2/c1-4-20-13-17(23)22(18(20)24)16-9-11-21(12-10-16)15-7-5-14(6-8-15)19(2)3/h5-8,16H,4,9-13H2,1-3H3. The van der Waals surface area contributed by atoms with E-state index < -0.39 is 0 Å². The van der Waals surface area contributed by atoms with E-state index in [-0.39, 0.29) is 24.5 Å². The molecule has 6 heteroatoms. The van der Waals surface area contributed by atoms with Crippen LogP contribution in [0.25, 0.3) is 0 Å². The maximum absolute atomic E-state index is 12.3. The Morgan fingerprint density at radius 2 is 1.71 bits per heavy atom. The minimum absolute atomic E-state index is 0.0406. The molecule has 6 nitrogen and oxygen atoms in total. The Balaban J connectivity index is 1.61. The van der Waals surface area contributed by atoms with Gasteiger partial charge in [0.2, 0.25) is 0 Å². The molecule has 3 amide bonds. The van der Waals surface area contributed by atoms with Crippen LogP contribution in [0.4, 0.5) is 16.2 Å². The van der Waals surface area contributed by atoms with Crippen molar-refractivity contribution in [2.75, 3.05) is 50.1 Å². The van der Waals surface area contributed by atoms with Crippen molar-refractivity contribution in [2.24, 2.45) is 0 Å². The second-order valence-corrected chi connectivity index (χ2v) is 6.69. The summed E-state index contributed by atoms with van der Waals surface area (Å²) in [7, 11) is 4.06. The highest BCUT2D eigenvalue weighted by molar-refractivity contribution is 6.02. The second kappa shape index (κ2) is 6.71. The quantitative estimate of drug-likeness (QED) is 0.792. The largest absolute Gasteiger partial charge is 0.378 e. The number of hydrogen-bond acceptors (Lipinski definition) is 4. The van der Waals surface area contributed by atoms with E-state index in [0.29, 0.717) is 6.54 Å². The van der Waals surface area contributed by atoms with Crippen LogP contribution in [0.2, 0.25) is 0 Å². The normalized spacial score (nSPS) is 19.4. The van der Waals surface area contributed by atoms with E-state index in [9.17, 15) is 9.59 Å². The van der Waals surface area contributed by atoms with Gasteiger partial charge in [-0.2, -0.15) is 0 Å². The lowest BCUT2D eigenvalue weighted by molar-refractivity contribution is -0.127. The van der Waals surface area contributed by atoms with Crippen molar-refractivity contribution in [3.8, 4) is 0 Å². The third-order valence-electron chi connectivity index (χ3n) is 5.01. The van der Waals surface area contributed by atoms with E-state index in [1.165, 1.54) is 16.3 Å². The number of likely N-dealkylation sites (N-methyl/N-ethyl adjacent to an activating group) is 1.